The number of pyridine rings is 1. The van der Waals surface area contributed by atoms with E-state index in [1.54, 1.807) is 12.3 Å². The number of aromatic nitrogens is 1. The van der Waals surface area contributed by atoms with Crippen molar-refractivity contribution in [2.45, 2.75) is 52.5 Å². The molecule has 1 N–H and O–H groups in total. The van der Waals surface area contributed by atoms with Crippen LogP contribution in [0.2, 0.25) is 10.0 Å². The summed E-state index contributed by atoms with van der Waals surface area (Å²) in [5.41, 5.74) is 0.923. The molecule has 0 bridgehead atoms. The van der Waals surface area contributed by atoms with E-state index in [4.69, 9.17) is 23.2 Å². The Labute approximate surface area is 126 Å². The maximum Gasteiger partial charge on any atom is 0.0760 e. The second kappa shape index (κ2) is 8.78. The first-order chi connectivity index (χ1) is 9.12. The van der Waals surface area contributed by atoms with Crippen molar-refractivity contribution in [3.05, 3.63) is 28.0 Å². The van der Waals surface area contributed by atoms with Crippen molar-refractivity contribution in [3.63, 3.8) is 0 Å². The fourth-order valence-electron chi connectivity index (χ4n) is 2.25. The molecule has 1 aromatic rings. The molecule has 0 aliphatic rings. The Hall–Kier alpha value is -0.310. The zero-order chi connectivity index (χ0) is 14.3. The topological polar surface area (TPSA) is 24.9 Å². The summed E-state index contributed by atoms with van der Waals surface area (Å²) in [6, 6.07) is 1.99. The van der Waals surface area contributed by atoms with Gasteiger partial charge in [-0.3, -0.25) is 4.98 Å². The van der Waals surface area contributed by atoms with Crippen molar-refractivity contribution in [2.24, 2.45) is 5.92 Å². The minimum absolute atomic E-state index is 0.217. The predicted octanol–water partition coefficient (Wildman–Crippen LogP) is 5.26. The SMILES string of the molecule is CCCNC(CC(CC)CC)c1ncc(Cl)cc1Cl. The van der Waals surface area contributed by atoms with Gasteiger partial charge in [0, 0.05) is 6.20 Å². The van der Waals surface area contributed by atoms with E-state index in [-0.39, 0.29) is 6.04 Å². The third kappa shape index (κ3) is 5.29. The fourth-order valence-corrected chi connectivity index (χ4v) is 2.76. The maximum atomic E-state index is 6.29. The molecule has 0 saturated heterocycles. The molecule has 2 nitrogen and oxygen atoms in total. The van der Waals surface area contributed by atoms with Crippen LogP contribution in [-0.2, 0) is 0 Å². The molecular formula is C15H24Cl2N2. The molecule has 0 radical (unpaired) electrons. The van der Waals surface area contributed by atoms with Gasteiger partial charge in [-0.15, -0.1) is 0 Å². The number of nitrogens with zero attached hydrogens (tertiary/aromatic N) is 1. The van der Waals surface area contributed by atoms with Gasteiger partial charge in [-0.25, -0.2) is 0 Å². The largest absolute Gasteiger partial charge is 0.309 e. The van der Waals surface area contributed by atoms with Gasteiger partial charge in [-0.2, -0.15) is 0 Å². The Balaban J connectivity index is 2.88. The average molecular weight is 303 g/mol. The second-order valence-corrected chi connectivity index (χ2v) is 5.79. The first kappa shape index (κ1) is 16.7. The van der Waals surface area contributed by atoms with Gasteiger partial charge in [0.2, 0.25) is 0 Å². The number of halogens is 2. The molecule has 0 fully saturated rings. The van der Waals surface area contributed by atoms with Gasteiger partial charge in [-0.05, 0) is 31.4 Å². The van der Waals surface area contributed by atoms with Crippen LogP contribution in [0.3, 0.4) is 0 Å². The standard InChI is InChI=1S/C15H24Cl2N2/c1-4-7-18-14(8-11(5-2)6-3)15-13(17)9-12(16)10-19-15/h9-11,14,18H,4-8H2,1-3H3. The smallest absolute Gasteiger partial charge is 0.0760 e. The van der Waals surface area contributed by atoms with E-state index in [9.17, 15) is 0 Å². The van der Waals surface area contributed by atoms with Gasteiger partial charge in [0.1, 0.15) is 0 Å². The molecule has 1 heterocycles. The molecule has 0 saturated carbocycles. The molecule has 0 spiro atoms. The second-order valence-electron chi connectivity index (χ2n) is 4.95. The van der Waals surface area contributed by atoms with Crippen LogP contribution in [0.25, 0.3) is 0 Å². The third-order valence-electron chi connectivity index (χ3n) is 3.53. The fraction of sp³-hybridized carbons (Fsp3) is 0.667. The zero-order valence-electron chi connectivity index (χ0n) is 12.0. The minimum atomic E-state index is 0.217. The normalized spacial score (nSPS) is 12.9. The lowest BCUT2D eigenvalue weighted by molar-refractivity contribution is 0.367. The van der Waals surface area contributed by atoms with Gasteiger partial charge in [0.15, 0.2) is 0 Å². The lowest BCUT2D eigenvalue weighted by atomic mass is 9.93. The van der Waals surface area contributed by atoms with E-state index in [0.717, 1.165) is 25.1 Å². The van der Waals surface area contributed by atoms with Crippen LogP contribution in [0.5, 0.6) is 0 Å². The molecule has 1 unspecified atom stereocenters. The first-order valence-corrected chi connectivity index (χ1v) is 7.92. The summed E-state index contributed by atoms with van der Waals surface area (Å²) >= 11 is 12.2. The van der Waals surface area contributed by atoms with E-state index in [1.807, 2.05) is 0 Å². The van der Waals surface area contributed by atoms with Crippen LogP contribution in [0.15, 0.2) is 12.3 Å². The van der Waals surface area contributed by atoms with E-state index < -0.39 is 0 Å². The summed E-state index contributed by atoms with van der Waals surface area (Å²) < 4.78 is 0. The Morgan fingerprint density at radius 2 is 1.89 bits per heavy atom. The monoisotopic (exact) mass is 302 g/mol. The summed E-state index contributed by atoms with van der Waals surface area (Å²) in [6.07, 6.45) is 6.22. The maximum absolute atomic E-state index is 6.29. The molecule has 0 amide bonds. The number of hydrogen-bond donors (Lipinski definition) is 1. The lowest BCUT2D eigenvalue weighted by Gasteiger charge is -2.23. The van der Waals surface area contributed by atoms with E-state index >= 15 is 0 Å². The molecule has 1 aromatic heterocycles. The Morgan fingerprint density at radius 3 is 2.42 bits per heavy atom. The van der Waals surface area contributed by atoms with Crippen molar-refractivity contribution >= 4 is 23.2 Å². The van der Waals surface area contributed by atoms with Gasteiger partial charge in [-0.1, -0.05) is 56.8 Å². The summed E-state index contributed by atoms with van der Waals surface area (Å²) in [6.45, 7) is 7.62. The number of rotatable bonds is 8. The Bertz CT molecular complexity index is 378. The third-order valence-corrected chi connectivity index (χ3v) is 4.04. The zero-order valence-corrected chi connectivity index (χ0v) is 13.6. The summed E-state index contributed by atoms with van der Waals surface area (Å²) in [5.74, 6) is 0.697. The van der Waals surface area contributed by atoms with Gasteiger partial charge in [0.25, 0.3) is 0 Å². The molecule has 1 rings (SSSR count). The van der Waals surface area contributed by atoms with Crippen LogP contribution in [0, 0.1) is 5.92 Å². The van der Waals surface area contributed by atoms with Crippen LogP contribution < -0.4 is 5.32 Å². The van der Waals surface area contributed by atoms with Crippen molar-refractivity contribution in [3.8, 4) is 0 Å². The van der Waals surface area contributed by atoms with Gasteiger partial charge >= 0.3 is 0 Å². The quantitative estimate of drug-likeness (QED) is 0.709. The van der Waals surface area contributed by atoms with E-state index in [0.29, 0.717) is 16.0 Å². The minimum Gasteiger partial charge on any atom is -0.309 e. The molecular weight excluding hydrogens is 279 g/mol. The van der Waals surface area contributed by atoms with E-state index in [2.05, 4.69) is 31.1 Å². The first-order valence-electron chi connectivity index (χ1n) is 7.16. The van der Waals surface area contributed by atoms with Gasteiger partial charge < -0.3 is 5.32 Å². The van der Waals surface area contributed by atoms with Crippen molar-refractivity contribution in [2.75, 3.05) is 6.54 Å². The average Bonchev–Trinajstić information content (AvgIpc) is 2.40. The molecule has 0 aliphatic heterocycles. The Morgan fingerprint density at radius 1 is 1.21 bits per heavy atom. The summed E-state index contributed by atoms with van der Waals surface area (Å²) in [5, 5.41) is 4.80. The van der Waals surface area contributed by atoms with Crippen molar-refractivity contribution in [1.82, 2.24) is 10.3 Å². The Kier molecular flexibility index (Phi) is 7.74. The highest BCUT2D eigenvalue weighted by Gasteiger charge is 2.19. The molecule has 19 heavy (non-hydrogen) atoms. The highest BCUT2D eigenvalue weighted by molar-refractivity contribution is 6.34. The highest BCUT2D eigenvalue weighted by Crippen LogP contribution is 2.29. The predicted molar refractivity (Wildman–Crippen MR) is 84.0 cm³/mol. The summed E-state index contributed by atoms with van der Waals surface area (Å²) in [4.78, 5) is 4.43. The van der Waals surface area contributed by atoms with Crippen LogP contribution >= 0.6 is 23.2 Å². The highest BCUT2D eigenvalue weighted by atomic mass is 35.5. The van der Waals surface area contributed by atoms with Crippen LogP contribution in [0.1, 0.15) is 58.2 Å². The summed E-state index contributed by atoms with van der Waals surface area (Å²) in [7, 11) is 0. The molecule has 1 atom stereocenters. The number of hydrogen-bond acceptors (Lipinski definition) is 2. The molecule has 4 heteroatoms. The number of nitrogens with one attached hydrogen (secondary N) is 1. The van der Waals surface area contributed by atoms with Crippen LogP contribution in [0.4, 0.5) is 0 Å². The van der Waals surface area contributed by atoms with Crippen molar-refractivity contribution < 1.29 is 0 Å². The lowest BCUT2D eigenvalue weighted by Crippen LogP contribution is -2.25. The van der Waals surface area contributed by atoms with E-state index in [1.165, 1.54) is 12.8 Å². The van der Waals surface area contributed by atoms with Crippen LogP contribution in [-0.4, -0.2) is 11.5 Å². The van der Waals surface area contributed by atoms with Gasteiger partial charge in [0.05, 0.1) is 21.8 Å². The molecule has 0 aromatic carbocycles. The van der Waals surface area contributed by atoms with Crippen molar-refractivity contribution in [1.29, 1.82) is 0 Å². The molecule has 108 valence electrons. The molecule has 0 aliphatic carbocycles.